The van der Waals surface area contributed by atoms with Crippen LogP contribution in [0.2, 0.25) is 0 Å². The molecule has 0 amide bonds. The van der Waals surface area contributed by atoms with Crippen LogP contribution in [0.5, 0.6) is 0 Å². The van der Waals surface area contributed by atoms with E-state index in [0.717, 1.165) is 12.6 Å². The second kappa shape index (κ2) is 7.84. The molecule has 21 heavy (non-hydrogen) atoms. The van der Waals surface area contributed by atoms with Gasteiger partial charge in [0.05, 0.1) is 0 Å². The zero-order chi connectivity index (χ0) is 16.0. The molecule has 0 heterocycles. The molecule has 1 aromatic rings. The number of benzene rings is 1. The number of hydrogen-bond acceptors (Lipinski definition) is 4. The molecule has 0 unspecified atom stereocenters. The van der Waals surface area contributed by atoms with E-state index in [2.05, 4.69) is 23.5 Å². The minimum Gasteiger partial charge on any atom is -0.326 e. The first-order valence-electron chi connectivity index (χ1n) is 6.96. The number of halogens is 1. The molecule has 0 saturated heterocycles. The molecule has 1 rings (SSSR count). The van der Waals surface area contributed by atoms with Gasteiger partial charge in [0.25, 0.3) is 0 Å². The summed E-state index contributed by atoms with van der Waals surface area (Å²) in [6, 6.07) is 4.33. The molecule has 0 atom stereocenters. The van der Waals surface area contributed by atoms with E-state index in [9.17, 15) is 12.8 Å². The van der Waals surface area contributed by atoms with Crippen molar-refractivity contribution in [2.24, 2.45) is 5.73 Å². The van der Waals surface area contributed by atoms with E-state index in [-0.39, 0.29) is 18.0 Å². The molecule has 0 saturated carbocycles. The number of sulfonamides is 1. The van der Waals surface area contributed by atoms with Gasteiger partial charge in [-0.05, 0) is 51.6 Å². The molecule has 0 aliphatic rings. The zero-order valence-corrected chi connectivity index (χ0v) is 13.6. The van der Waals surface area contributed by atoms with Crippen molar-refractivity contribution in [1.29, 1.82) is 0 Å². The fraction of sp³-hybridized carbons (Fsp3) is 0.571. The Bertz CT molecular complexity index is 561. The van der Waals surface area contributed by atoms with Gasteiger partial charge in [0.2, 0.25) is 10.0 Å². The number of hydrogen-bond donors (Lipinski definition) is 2. The summed E-state index contributed by atoms with van der Waals surface area (Å²) in [5.41, 5.74) is 5.95. The molecule has 120 valence electrons. The lowest BCUT2D eigenvalue weighted by Crippen LogP contribution is -2.31. The van der Waals surface area contributed by atoms with Gasteiger partial charge < -0.3 is 10.6 Å². The highest BCUT2D eigenvalue weighted by Crippen LogP contribution is 2.15. The first kappa shape index (κ1) is 18.0. The van der Waals surface area contributed by atoms with Gasteiger partial charge >= 0.3 is 0 Å². The average Bonchev–Trinajstić information content (AvgIpc) is 2.42. The van der Waals surface area contributed by atoms with Crippen LogP contribution in [0.15, 0.2) is 23.1 Å². The smallest absolute Gasteiger partial charge is 0.243 e. The predicted molar refractivity (Wildman–Crippen MR) is 81.9 cm³/mol. The molecule has 0 aliphatic heterocycles. The van der Waals surface area contributed by atoms with Gasteiger partial charge in [-0.15, -0.1) is 0 Å². The Hall–Kier alpha value is -1.02. The van der Waals surface area contributed by atoms with Crippen LogP contribution < -0.4 is 10.5 Å². The van der Waals surface area contributed by atoms with Crippen molar-refractivity contribution in [2.45, 2.75) is 37.8 Å². The van der Waals surface area contributed by atoms with Crippen LogP contribution >= 0.6 is 0 Å². The maximum Gasteiger partial charge on any atom is 0.243 e. The first-order chi connectivity index (χ1) is 9.77. The largest absolute Gasteiger partial charge is 0.326 e. The molecule has 0 radical (unpaired) electrons. The van der Waals surface area contributed by atoms with E-state index < -0.39 is 15.8 Å². The quantitative estimate of drug-likeness (QED) is 0.709. The first-order valence-corrected chi connectivity index (χ1v) is 8.44. The van der Waals surface area contributed by atoms with Crippen LogP contribution in [-0.2, 0) is 16.6 Å². The van der Waals surface area contributed by atoms with Crippen molar-refractivity contribution < 1.29 is 12.8 Å². The standard InChI is InChI=1S/C14H24FN3O2S/c1-11(2)18(3)8-4-7-17-21(19,20)14-6-5-12(10-16)9-13(14)15/h5-6,9,11,17H,4,7-8,10,16H2,1-3H3. The topological polar surface area (TPSA) is 75.4 Å². The third-order valence-electron chi connectivity index (χ3n) is 3.38. The van der Waals surface area contributed by atoms with Gasteiger partial charge in [-0.25, -0.2) is 17.5 Å². The van der Waals surface area contributed by atoms with Crippen LogP contribution in [0.4, 0.5) is 4.39 Å². The van der Waals surface area contributed by atoms with Crippen LogP contribution in [0.3, 0.4) is 0 Å². The third kappa shape index (κ3) is 5.35. The normalized spacial score (nSPS) is 12.3. The van der Waals surface area contributed by atoms with E-state index in [1.165, 1.54) is 12.1 Å². The van der Waals surface area contributed by atoms with E-state index in [1.807, 2.05) is 7.05 Å². The van der Waals surface area contributed by atoms with Crippen LogP contribution in [-0.4, -0.2) is 39.5 Å². The summed E-state index contributed by atoms with van der Waals surface area (Å²) in [6.45, 7) is 5.36. The summed E-state index contributed by atoms with van der Waals surface area (Å²) < 4.78 is 40.3. The maximum absolute atomic E-state index is 13.8. The Morgan fingerprint density at radius 1 is 1.38 bits per heavy atom. The Kier molecular flexibility index (Phi) is 6.73. The molecule has 0 fully saturated rings. The zero-order valence-electron chi connectivity index (χ0n) is 12.8. The van der Waals surface area contributed by atoms with Gasteiger partial charge in [-0.3, -0.25) is 0 Å². The van der Waals surface area contributed by atoms with Crippen LogP contribution in [0.25, 0.3) is 0 Å². The van der Waals surface area contributed by atoms with Gasteiger partial charge in [0.15, 0.2) is 0 Å². The number of nitrogens with zero attached hydrogens (tertiary/aromatic N) is 1. The predicted octanol–water partition coefficient (Wildman–Crippen LogP) is 1.29. The van der Waals surface area contributed by atoms with E-state index in [1.54, 1.807) is 0 Å². The maximum atomic E-state index is 13.8. The molecule has 1 aromatic carbocycles. The monoisotopic (exact) mass is 317 g/mol. The van der Waals surface area contributed by atoms with Gasteiger partial charge in [0.1, 0.15) is 10.7 Å². The fourth-order valence-electron chi connectivity index (χ4n) is 1.76. The Balaban J connectivity index is 2.62. The van der Waals surface area contributed by atoms with Crippen molar-refractivity contribution in [2.75, 3.05) is 20.1 Å². The second-order valence-electron chi connectivity index (χ2n) is 5.29. The minimum absolute atomic E-state index is 0.173. The minimum atomic E-state index is -3.82. The lowest BCUT2D eigenvalue weighted by atomic mass is 10.2. The number of nitrogens with two attached hydrogens (primary N) is 1. The molecule has 5 nitrogen and oxygen atoms in total. The van der Waals surface area contributed by atoms with Crippen molar-refractivity contribution in [3.05, 3.63) is 29.6 Å². The molecule has 3 N–H and O–H groups in total. The molecule has 7 heteroatoms. The fourth-order valence-corrected chi connectivity index (χ4v) is 2.89. The average molecular weight is 317 g/mol. The number of nitrogens with one attached hydrogen (secondary N) is 1. The highest BCUT2D eigenvalue weighted by Gasteiger charge is 2.18. The van der Waals surface area contributed by atoms with E-state index in [0.29, 0.717) is 18.0 Å². The van der Waals surface area contributed by atoms with Gasteiger partial charge in [0, 0.05) is 19.1 Å². The highest BCUT2D eigenvalue weighted by molar-refractivity contribution is 7.89. The summed E-state index contributed by atoms with van der Waals surface area (Å²) in [6.07, 6.45) is 0.663. The van der Waals surface area contributed by atoms with Crippen LogP contribution in [0, 0.1) is 5.82 Å². The molecule has 0 spiro atoms. The summed E-state index contributed by atoms with van der Waals surface area (Å²) in [5.74, 6) is -0.773. The van der Waals surface area contributed by atoms with E-state index in [4.69, 9.17) is 5.73 Å². The molecule has 0 aromatic heterocycles. The molecule has 0 aliphatic carbocycles. The van der Waals surface area contributed by atoms with Crippen molar-refractivity contribution in [1.82, 2.24) is 9.62 Å². The molecule has 0 bridgehead atoms. The third-order valence-corrected chi connectivity index (χ3v) is 4.88. The summed E-state index contributed by atoms with van der Waals surface area (Å²) >= 11 is 0. The van der Waals surface area contributed by atoms with Gasteiger partial charge in [-0.1, -0.05) is 6.07 Å². The summed E-state index contributed by atoms with van der Waals surface area (Å²) in [4.78, 5) is 1.78. The van der Waals surface area contributed by atoms with Crippen molar-refractivity contribution in [3.63, 3.8) is 0 Å². The summed E-state index contributed by atoms with van der Waals surface area (Å²) in [5, 5.41) is 0. The highest BCUT2D eigenvalue weighted by atomic mass is 32.2. The SMILES string of the molecule is CC(C)N(C)CCCNS(=O)(=O)c1ccc(CN)cc1F. The summed E-state index contributed by atoms with van der Waals surface area (Å²) in [7, 11) is -1.84. The van der Waals surface area contributed by atoms with Crippen LogP contribution in [0.1, 0.15) is 25.8 Å². The second-order valence-corrected chi connectivity index (χ2v) is 7.03. The Morgan fingerprint density at radius 3 is 2.57 bits per heavy atom. The van der Waals surface area contributed by atoms with Crippen molar-refractivity contribution in [3.8, 4) is 0 Å². The lowest BCUT2D eigenvalue weighted by Gasteiger charge is -2.20. The number of rotatable bonds is 8. The molecular formula is C14H24FN3O2S. The molecular weight excluding hydrogens is 293 g/mol. The Morgan fingerprint density at radius 2 is 2.05 bits per heavy atom. The Labute approximate surface area is 126 Å². The van der Waals surface area contributed by atoms with Crippen molar-refractivity contribution >= 4 is 10.0 Å². The lowest BCUT2D eigenvalue weighted by molar-refractivity contribution is 0.271. The van der Waals surface area contributed by atoms with Gasteiger partial charge in [-0.2, -0.15) is 0 Å². The van der Waals surface area contributed by atoms with E-state index >= 15 is 0 Å².